The van der Waals surface area contributed by atoms with Crippen LogP contribution in [0.4, 0.5) is 30.3 Å². The first-order chi connectivity index (χ1) is 42.4. The second-order valence-corrected chi connectivity index (χ2v) is 26.4. The summed E-state index contributed by atoms with van der Waals surface area (Å²) in [7, 11) is 4.57. The Morgan fingerprint density at radius 3 is 1.50 bits per heavy atom. The van der Waals surface area contributed by atoms with Crippen molar-refractivity contribution in [1.82, 2.24) is 60.1 Å². The number of benzene rings is 2. The monoisotopic (exact) mass is 1250 g/mol. The highest BCUT2D eigenvalue weighted by molar-refractivity contribution is 5.95. The van der Waals surface area contributed by atoms with Crippen LogP contribution in [0.3, 0.4) is 0 Å². The van der Waals surface area contributed by atoms with Crippen LogP contribution in [0.15, 0.2) is 85.7 Å². The fraction of sp³-hybridized carbons (Fsp3) is 0.538. The van der Waals surface area contributed by atoms with Crippen molar-refractivity contribution in [2.45, 2.75) is 167 Å². The molecule has 90 heavy (non-hydrogen) atoms. The van der Waals surface area contributed by atoms with Crippen LogP contribution in [0.5, 0.6) is 0 Å². The average molecular weight is 1250 g/mol. The standard InChI is InChI=1S/C32H42FN7O4.C23H27FN6O.C10H20N2O3/c1-18(2)26(37-28(41)19(3)38(7)31(43)44-32(4,5)6)29(42)39-14-11-25-27(39)23(17-40(25)30-34-12-8-13-35-30)22-16-36-24-15-20(33)9-10-21(22)24;1-13(2)20(25)22(31)29-9-6-19-21(29)17(12-30(19)23-26-7-3-8-27-23)16-11-28-18-10-14(24)4-5-15(16)18;1-7(11-5)8(13)12(6)9(14)15-10(2,3)4/h8-10,12-13,15-16,18-19,23,25-27,36H,11,14,17H2,1-7H3,(H,37,41);3-5,7-8,10-11,13,17,19-21,28H,6,9,12,25H2,1-2H3;7,11H,1-6H3/t19-,23+,25+,26-,27+;17-,19-,20+,21-;/m01./s1. The van der Waals surface area contributed by atoms with Gasteiger partial charge in [-0.2, -0.15) is 0 Å². The minimum atomic E-state index is -0.859. The number of aromatic nitrogens is 6. The molecule has 4 aromatic heterocycles. The van der Waals surface area contributed by atoms with Crippen LogP contribution in [-0.4, -0.2) is 192 Å². The van der Waals surface area contributed by atoms with Crippen molar-refractivity contribution in [3.05, 3.63) is 108 Å². The zero-order valence-corrected chi connectivity index (χ0v) is 54.3. The quantitative estimate of drug-likeness (QED) is 0.0741. The number of anilines is 2. The zero-order chi connectivity index (χ0) is 65.8. The summed E-state index contributed by atoms with van der Waals surface area (Å²) in [6.45, 7) is 24.0. The SMILES string of the molecule is CC(C)[C@H](N)C(=O)N1CC[C@@H]2[C@H]1[C@@H](c1c[nH]c3cc(F)ccc13)CN2c1ncccn1.CC(C)[C@H](NC(=O)[C@H](C)N(C)C(=O)OC(C)(C)C)C(=O)N1CC[C@@H]2[C@H]1[C@@H](c1c[nH]c3cc(F)ccc13)CN2c1ncccn1.CNC(C)C(=O)N(C)C(=O)OC(C)(C)C. The molecule has 4 aliphatic rings. The Bertz CT molecular complexity index is 3500. The Labute approximate surface area is 525 Å². The second kappa shape index (κ2) is 27.8. The lowest BCUT2D eigenvalue weighted by molar-refractivity contribution is -0.139. The molecule has 10 atom stereocenters. The predicted molar refractivity (Wildman–Crippen MR) is 339 cm³/mol. The van der Waals surface area contributed by atoms with Crippen molar-refractivity contribution in [2.75, 3.05) is 57.1 Å². The molecule has 8 heterocycles. The van der Waals surface area contributed by atoms with Crippen molar-refractivity contribution in [1.29, 1.82) is 0 Å². The number of hydrogen-bond donors (Lipinski definition) is 5. The Balaban J connectivity index is 0.000000197. The fourth-order valence-corrected chi connectivity index (χ4v) is 12.4. The molecule has 25 heteroatoms. The molecule has 6 aromatic rings. The summed E-state index contributed by atoms with van der Waals surface area (Å²) in [4.78, 5) is 111. The molecule has 4 fully saturated rings. The van der Waals surface area contributed by atoms with E-state index in [1.165, 1.54) is 43.3 Å². The Kier molecular flexibility index (Phi) is 20.9. The number of amides is 6. The van der Waals surface area contributed by atoms with Gasteiger partial charge in [0.05, 0.1) is 36.3 Å². The average Bonchev–Trinajstić information content (AvgIpc) is 1.60. The molecule has 4 aliphatic heterocycles. The summed E-state index contributed by atoms with van der Waals surface area (Å²) in [5.74, 6) is -0.493. The highest BCUT2D eigenvalue weighted by atomic mass is 19.1. The topological polar surface area (TPSA) is 274 Å². The number of nitrogens with one attached hydrogen (secondary N) is 4. The molecule has 0 spiro atoms. The van der Waals surface area contributed by atoms with E-state index in [2.05, 4.69) is 50.3 Å². The van der Waals surface area contributed by atoms with Gasteiger partial charge in [0, 0.05) is 111 Å². The number of halogens is 2. The molecular weight excluding hydrogens is 1160 g/mol. The number of likely N-dealkylation sites (N-methyl/N-ethyl adjacent to an activating group) is 3. The third kappa shape index (κ3) is 14.9. The first-order valence-corrected chi connectivity index (χ1v) is 30.8. The lowest BCUT2D eigenvalue weighted by Gasteiger charge is -2.34. The third-order valence-electron chi connectivity index (χ3n) is 17.3. The van der Waals surface area contributed by atoms with Gasteiger partial charge in [0.15, 0.2) is 0 Å². The third-order valence-corrected chi connectivity index (χ3v) is 17.3. The van der Waals surface area contributed by atoms with Gasteiger partial charge < -0.3 is 55.4 Å². The van der Waals surface area contributed by atoms with Crippen molar-refractivity contribution in [3.8, 4) is 0 Å². The summed E-state index contributed by atoms with van der Waals surface area (Å²) < 4.78 is 38.2. The van der Waals surface area contributed by atoms with E-state index >= 15 is 0 Å². The maximum atomic E-state index is 14.3. The summed E-state index contributed by atoms with van der Waals surface area (Å²) in [5, 5.41) is 7.58. The number of likely N-dealkylation sites (tertiary alicyclic amines) is 2. The summed E-state index contributed by atoms with van der Waals surface area (Å²) in [5.41, 5.74) is 8.49. The highest BCUT2D eigenvalue weighted by Gasteiger charge is 2.54. The molecule has 0 bridgehead atoms. The Morgan fingerprint density at radius 1 is 0.656 bits per heavy atom. The molecular formula is C65H89F2N15O8. The van der Waals surface area contributed by atoms with Crippen LogP contribution in [0.25, 0.3) is 21.8 Å². The molecule has 23 nitrogen and oxygen atoms in total. The van der Waals surface area contributed by atoms with Gasteiger partial charge in [-0.1, -0.05) is 27.7 Å². The molecule has 1 unspecified atom stereocenters. The van der Waals surface area contributed by atoms with E-state index in [9.17, 15) is 37.5 Å². The van der Waals surface area contributed by atoms with Gasteiger partial charge in [-0.25, -0.2) is 43.2 Å². The van der Waals surface area contributed by atoms with E-state index < -0.39 is 53.5 Å². The van der Waals surface area contributed by atoms with Gasteiger partial charge >= 0.3 is 12.2 Å². The van der Waals surface area contributed by atoms with Gasteiger partial charge in [-0.3, -0.25) is 24.1 Å². The summed E-state index contributed by atoms with van der Waals surface area (Å²) >= 11 is 0. The van der Waals surface area contributed by atoms with Gasteiger partial charge in [-0.05, 0) is 147 Å². The van der Waals surface area contributed by atoms with Crippen LogP contribution in [0.2, 0.25) is 0 Å². The number of carbonyl (C=O) groups is 6. The summed E-state index contributed by atoms with van der Waals surface area (Å²) in [6.07, 6.45) is 11.0. The van der Waals surface area contributed by atoms with E-state index in [1.807, 2.05) is 56.0 Å². The molecule has 6 N–H and O–H groups in total. The van der Waals surface area contributed by atoms with Gasteiger partial charge in [0.25, 0.3) is 0 Å². The van der Waals surface area contributed by atoms with Gasteiger partial charge in [-0.15, -0.1) is 0 Å². The molecule has 4 saturated heterocycles. The maximum absolute atomic E-state index is 14.3. The maximum Gasteiger partial charge on any atom is 0.416 e. The molecule has 0 saturated carbocycles. The smallest absolute Gasteiger partial charge is 0.416 e. The second-order valence-electron chi connectivity index (χ2n) is 26.4. The van der Waals surface area contributed by atoms with Crippen molar-refractivity contribution >= 4 is 69.5 Å². The first-order valence-electron chi connectivity index (χ1n) is 30.8. The van der Waals surface area contributed by atoms with E-state index in [1.54, 1.807) is 105 Å². The number of carbonyl (C=O) groups excluding carboxylic acids is 6. The van der Waals surface area contributed by atoms with Gasteiger partial charge in [0.2, 0.25) is 35.5 Å². The minimum Gasteiger partial charge on any atom is -0.444 e. The number of fused-ring (bicyclic) bond motifs is 4. The number of hydrogen-bond acceptors (Lipinski definition) is 16. The number of H-pyrrole nitrogens is 2. The predicted octanol–water partition coefficient (Wildman–Crippen LogP) is 7.71. The van der Waals surface area contributed by atoms with Crippen LogP contribution in [-0.2, 0) is 28.7 Å². The first kappa shape index (κ1) is 67.6. The molecule has 2 aromatic carbocycles. The lowest BCUT2D eigenvalue weighted by atomic mass is 9.90. The van der Waals surface area contributed by atoms with Crippen LogP contribution >= 0.6 is 0 Å². The normalized spacial score (nSPS) is 21.0. The van der Waals surface area contributed by atoms with Crippen molar-refractivity contribution in [2.24, 2.45) is 17.6 Å². The number of nitrogens with zero attached hydrogens (tertiary/aromatic N) is 10. The van der Waals surface area contributed by atoms with E-state index in [0.717, 1.165) is 38.7 Å². The van der Waals surface area contributed by atoms with Crippen LogP contribution in [0.1, 0.15) is 119 Å². The zero-order valence-electron chi connectivity index (χ0n) is 54.3. The number of ether oxygens (including phenoxy) is 2. The lowest BCUT2D eigenvalue weighted by Crippen LogP contribution is -2.57. The molecule has 6 amide bonds. The molecule has 0 radical (unpaired) electrons. The molecule has 0 aliphatic carbocycles. The highest BCUT2D eigenvalue weighted by Crippen LogP contribution is 2.46. The Morgan fingerprint density at radius 2 is 1.09 bits per heavy atom. The molecule has 486 valence electrons. The van der Waals surface area contributed by atoms with Crippen molar-refractivity contribution < 1.29 is 47.0 Å². The largest absolute Gasteiger partial charge is 0.444 e. The van der Waals surface area contributed by atoms with E-state index in [0.29, 0.717) is 50.0 Å². The number of nitrogens with two attached hydrogens (primary N) is 1. The van der Waals surface area contributed by atoms with E-state index in [-0.39, 0.29) is 77.2 Å². The van der Waals surface area contributed by atoms with Crippen molar-refractivity contribution in [3.63, 3.8) is 0 Å². The minimum absolute atomic E-state index is 0.00536. The number of imide groups is 1. The Hall–Kier alpha value is -8.32. The van der Waals surface area contributed by atoms with E-state index in [4.69, 9.17) is 15.2 Å². The summed E-state index contributed by atoms with van der Waals surface area (Å²) in [6, 6.07) is 10.3. The van der Waals surface area contributed by atoms with Gasteiger partial charge in [0.1, 0.15) is 34.9 Å². The number of rotatable bonds is 13. The fourth-order valence-electron chi connectivity index (χ4n) is 12.4. The van der Waals surface area contributed by atoms with Crippen LogP contribution in [0, 0.1) is 23.5 Å². The molecule has 10 rings (SSSR count). The van der Waals surface area contributed by atoms with Crippen LogP contribution < -0.4 is 26.2 Å². The number of aromatic amines is 2.